The van der Waals surface area contributed by atoms with Gasteiger partial charge in [0.1, 0.15) is 10.7 Å². The van der Waals surface area contributed by atoms with E-state index >= 15 is 0 Å². The van der Waals surface area contributed by atoms with Crippen LogP contribution in [0.4, 0.5) is 13.2 Å². The van der Waals surface area contributed by atoms with Gasteiger partial charge in [-0.2, -0.15) is 13.2 Å². The monoisotopic (exact) mass is 427 g/mol. The van der Waals surface area contributed by atoms with Crippen molar-refractivity contribution in [3.05, 3.63) is 40.9 Å². The number of rotatable bonds is 3. The smallest absolute Gasteiger partial charge is 0.348 e. The van der Waals surface area contributed by atoms with Crippen molar-refractivity contribution in [2.45, 2.75) is 25.1 Å². The van der Waals surface area contributed by atoms with Crippen LogP contribution in [-0.4, -0.2) is 30.0 Å². The number of benzene rings is 1. The van der Waals surface area contributed by atoms with Gasteiger partial charge < -0.3 is 10.6 Å². The lowest BCUT2D eigenvalue weighted by atomic mass is 10.1. The van der Waals surface area contributed by atoms with Crippen LogP contribution in [0.2, 0.25) is 0 Å². The first-order chi connectivity index (χ1) is 11.4. The van der Waals surface area contributed by atoms with Crippen LogP contribution < -0.4 is 10.6 Å². The Balaban J connectivity index is 0.00000169. The Bertz CT molecular complexity index is 734. The Kier molecular flexibility index (Phi) is 8.33. The van der Waals surface area contributed by atoms with E-state index in [2.05, 4.69) is 15.6 Å². The van der Waals surface area contributed by atoms with Gasteiger partial charge in [0.15, 0.2) is 0 Å². The summed E-state index contributed by atoms with van der Waals surface area (Å²) in [5.41, 5.74) is -0.127. The maximum atomic E-state index is 12.8. The second kappa shape index (κ2) is 9.55. The highest BCUT2D eigenvalue weighted by atomic mass is 35.5. The molecule has 10 heteroatoms. The minimum absolute atomic E-state index is 0. The van der Waals surface area contributed by atoms with Crippen molar-refractivity contribution in [2.75, 3.05) is 13.1 Å². The standard InChI is InChI=1S/C16H16F3N3OS.2ClH/c17-16(18,19)11-3-1-2-10(8-11)15-22-13(9-24-15)14(23)21-12-4-6-20-7-5-12;;/h1-3,8-9,12,20H,4-7H2,(H,21,23);2*1H. The Labute approximate surface area is 165 Å². The number of hydrogen-bond acceptors (Lipinski definition) is 4. The molecular weight excluding hydrogens is 410 g/mol. The molecule has 2 heterocycles. The molecule has 0 spiro atoms. The number of halogens is 5. The molecule has 1 saturated heterocycles. The molecule has 1 fully saturated rings. The van der Waals surface area contributed by atoms with Crippen molar-refractivity contribution < 1.29 is 18.0 Å². The van der Waals surface area contributed by atoms with Crippen LogP contribution in [0.15, 0.2) is 29.6 Å². The van der Waals surface area contributed by atoms with Crippen molar-refractivity contribution in [1.29, 1.82) is 0 Å². The van der Waals surface area contributed by atoms with Gasteiger partial charge in [0, 0.05) is 17.0 Å². The highest BCUT2D eigenvalue weighted by molar-refractivity contribution is 7.13. The lowest BCUT2D eigenvalue weighted by Gasteiger charge is -2.23. The summed E-state index contributed by atoms with van der Waals surface area (Å²) < 4.78 is 38.4. The Morgan fingerprint density at radius 3 is 2.58 bits per heavy atom. The molecule has 1 aliphatic heterocycles. The van der Waals surface area contributed by atoms with Gasteiger partial charge in [0.05, 0.1) is 5.56 Å². The van der Waals surface area contributed by atoms with Gasteiger partial charge in [0.2, 0.25) is 0 Å². The second-order valence-corrected chi connectivity index (χ2v) is 6.47. The number of piperidine rings is 1. The summed E-state index contributed by atoms with van der Waals surface area (Å²) in [5.74, 6) is -0.281. The zero-order chi connectivity index (χ0) is 17.2. The summed E-state index contributed by atoms with van der Waals surface area (Å²) in [5, 5.41) is 8.11. The predicted molar refractivity (Wildman–Crippen MR) is 100 cm³/mol. The molecule has 0 aliphatic carbocycles. The lowest BCUT2D eigenvalue weighted by Crippen LogP contribution is -2.42. The zero-order valence-corrected chi connectivity index (χ0v) is 16.0. The van der Waals surface area contributed by atoms with E-state index in [1.165, 1.54) is 6.07 Å². The summed E-state index contributed by atoms with van der Waals surface area (Å²) in [7, 11) is 0. The first kappa shape index (κ1) is 22.7. The SMILES string of the molecule is Cl.Cl.O=C(NC1CCNCC1)c1csc(-c2cccc(C(F)(F)F)c2)n1. The molecule has 0 radical (unpaired) electrons. The third-order valence-corrected chi connectivity index (χ3v) is 4.74. The Morgan fingerprint density at radius 2 is 1.92 bits per heavy atom. The lowest BCUT2D eigenvalue weighted by molar-refractivity contribution is -0.137. The van der Waals surface area contributed by atoms with Gasteiger partial charge in [0.25, 0.3) is 5.91 Å². The molecule has 0 unspecified atom stereocenters. The highest BCUT2D eigenvalue weighted by Gasteiger charge is 2.30. The van der Waals surface area contributed by atoms with Crippen molar-refractivity contribution >= 4 is 42.1 Å². The molecule has 144 valence electrons. The van der Waals surface area contributed by atoms with Crippen molar-refractivity contribution in [1.82, 2.24) is 15.6 Å². The molecule has 2 aromatic rings. The molecule has 1 aliphatic rings. The Hall–Kier alpha value is -1.35. The van der Waals surface area contributed by atoms with Crippen LogP contribution in [0, 0.1) is 0 Å². The molecule has 1 aromatic heterocycles. The number of alkyl halides is 3. The van der Waals surface area contributed by atoms with Crippen LogP contribution in [0.25, 0.3) is 10.6 Å². The third kappa shape index (κ3) is 5.57. The van der Waals surface area contributed by atoms with Crippen molar-refractivity contribution in [2.24, 2.45) is 0 Å². The first-order valence-corrected chi connectivity index (χ1v) is 8.46. The number of carbonyl (C=O) groups is 1. The fourth-order valence-corrected chi connectivity index (χ4v) is 3.36. The highest BCUT2D eigenvalue weighted by Crippen LogP contribution is 2.33. The minimum atomic E-state index is -4.40. The molecule has 0 saturated carbocycles. The second-order valence-electron chi connectivity index (χ2n) is 5.61. The molecule has 2 N–H and O–H groups in total. The molecule has 1 aromatic carbocycles. The van der Waals surface area contributed by atoms with Gasteiger partial charge in [-0.05, 0) is 38.1 Å². The Morgan fingerprint density at radius 1 is 1.23 bits per heavy atom. The molecule has 0 atom stereocenters. The number of nitrogens with zero attached hydrogens (tertiary/aromatic N) is 1. The molecule has 3 rings (SSSR count). The van der Waals surface area contributed by atoms with Crippen molar-refractivity contribution in [3.8, 4) is 10.6 Å². The van der Waals surface area contributed by atoms with E-state index < -0.39 is 11.7 Å². The summed E-state index contributed by atoms with van der Waals surface area (Å²) in [6.45, 7) is 1.72. The first-order valence-electron chi connectivity index (χ1n) is 7.58. The largest absolute Gasteiger partial charge is 0.416 e. The average molecular weight is 428 g/mol. The van der Waals surface area contributed by atoms with E-state index in [0.717, 1.165) is 49.4 Å². The van der Waals surface area contributed by atoms with Crippen LogP contribution in [-0.2, 0) is 6.18 Å². The summed E-state index contributed by atoms with van der Waals surface area (Å²) in [4.78, 5) is 16.4. The number of hydrogen-bond donors (Lipinski definition) is 2. The van der Waals surface area contributed by atoms with Gasteiger partial charge in [-0.3, -0.25) is 4.79 Å². The zero-order valence-electron chi connectivity index (χ0n) is 13.5. The molecule has 4 nitrogen and oxygen atoms in total. The average Bonchev–Trinajstić information content (AvgIpc) is 3.05. The summed E-state index contributed by atoms with van der Waals surface area (Å²) in [6.07, 6.45) is -2.69. The number of nitrogens with one attached hydrogen (secondary N) is 2. The molecule has 26 heavy (non-hydrogen) atoms. The molecule has 1 amide bonds. The number of aromatic nitrogens is 1. The fourth-order valence-electron chi connectivity index (χ4n) is 2.56. The molecular formula is C16H18Cl2F3N3OS. The minimum Gasteiger partial charge on any atom is -0.348 e. The molecule has 0 bridgehead atoms. The fraction of sp³-hybridized carbons (Fsp3) is 0.375. The van der Waals surface area contributed by atoms with Crippen molar-refractivity contribution in [3.63, 3.8) is 0 Å². The third-order valence-electron chi connectivity index (χ3n) is 3.85. The normalized spacial score (nSPS) is 14.9. The van der Waals surface area contributed by atoms with Crippen LogP contribution in [0.1, 0.15) is 28.9 Å². The van der Waals surface area contributed by atoms with E-state index in [1.807, 2.05) is 0 Å². The van der Waals surface area contributed by atoms with E-state index in [-0.39, 0.29) is 42.5 Å². The van der Waals surface area contributed by atoms with Crippen LogP contribution in [0.3, 0.4) is 0 Å². The summed E-state index contributed by atoms with van der Waals surface area (Å²) in [6, 6.07) is 5.07. The quantitative estimate of drug-likeness (QED) is 0.773. The van der Waals surface area contributed by atoms with Gasteiger partial charge >= 0.3 is 6.18 Å². The van der Waals surface area contributed by atoms with Crippen LogP contribution >= 0.6 is 36.2 Å². The number of thiazole rings is 1. The number of carbonyl (C=O) groups excluding carboxylic acids is 1. The van der Waals surface area contributed by atoms with E-state index in [0.29, 0.717) is 10.6 Å². The van der Waals surface area contributed by atoms with E-state index in [1.54, 1.807) is 11.4 Å². The van der Waals surface area contributed by atoms with E-state index in [9.17, 15) is 18.0 Å². The maximum absolute atomic E-state index is 12.8. The topological polar surface area (TPSA) is 54.0 Å². The van der Waals surface area contributed by atoms with Gasteiger partial charge in [-0.1, -0.05) is 12.1 Å². The number of amides is 1. The van der Waals surface area contributed by atoms with Gasteiger partial charge in [-0.25, -0.2) is 4.98 Å². The van der Waals surface area contributed by atoms with Crippen LogP contribution in [0.5, 0.6) is 0 Å². The maximum Gasteiger partial charge on any atom is 0.416 e. The van der Waals surface area contributed by atoms with Gasteiger partial charge in [-0.15, -0.1) is 36.2 Å². The van der Waals surface area contributed by atoms with E-state index in [4.69, 9.17) is 0 Å². The summed E-state index contributed by atoms with van der Waals surface area (Å²) >= 11 is 1.16. The predicted octanol–water partition coefficient (Wildman–Crippen LogP) is 4.15.